The van der Waals surface area contributed by atoms with E-state index in [0.29, 0.717) is 28.6 Å². The van der Waals surface area contributed by atoms with Crippen molar-refractivity contribution >= 4 is 12.2 Å². The molecule has 0 aliphatic heterocycles. The Kier molecular flexibility index (Phi) is 4.41. The van der Waals surface area contributed by atoms with Crippen molar-refractivity contribution in [2.45, 2.75) is 47.2 Å². The first-order valence-electron chi connectivity index (χ1n) is 7.07. The predicted molar refractivity (Wildman–Crippen MR) is 84.9 cm³/mol. The molecule has 0 saturated carbocycles. The number of nitrogens with zero attached hydrogens (tertiary/aromatic N) is 4. The van der Waals surface area contributed by atoms with E-state index in [9.17, 15) is 4.79 Å². The standard InChI is InChI=1S/C14H21N5OS/c1-8(2)7-18-13(20)11(6-10(5)17-18)12-15-16-14(21)19(12)9(3)4/h6,8-9H,7H2,1-5H3,(H,16,21). The largest absolute Gasteiger partial charge is 0.297 e. The highest BCUT2D eigenvalue weighted by molar-refractivity contribution is 7.71. The van der Waals surface area contributed by atoms with Gasteiger partial charge in [-0.05, 0) is 45.0 Å². The van der Waals surface area contributed by atoms with Crippen molar-refractivity contribution in [2.24, 2.45) is 5.92 Å². The lowest BCUT2D eigenvalue weighted by Gasteiger charge is -2.13. The zero-order valence-electron chi connectivity index (χ0n) is 13.0. The Hall–Kier alpha value is -1.76. The van der Waals surface area contributed by atoms with Crippen molar-refractivity contribution in [3.8, 4) is 11.4 Å². The van der Waals surface area contributed by atoms with E-state index in [0.717, 1.165) is 5.69 Å². The van der Waals surface area contributed by atoms with Crippen LogP contribution in [0.15, 0.2) is 10.9 Å². The zero-order valence-corrected chi connectivity index (χ0v) is 13.9. The van der Waals surface area contributed by atoms with Crippen molar-refractivity contribution in [1.82, 2.24) is 24.5 Å². The molecular weight excluding hydrogens is 286 g/mol. The van der Waals surface area contributed by atoms with Gasteiger partial charge in [0.1, 0.15) is 0 Å². The fraction of sp³-hybridized carbons (Fsp3) is 0.571. The molecule has 2 aromatic rings. The van der Waals surface area contributed by atoms with Crippen molar-refractivity contribution in [3.05, 3.63) is 26.9 Å². The first-order chi connectivity index (χ1) is 9.81. The van der Waals surface area contributed by atoms with Crippen LogP contribution in [-0.2, 0) is 6.54 Å². The van der Waals surface area contributed by atoms with Crippen LogP contribution in [0, 0.1) is 17.6 Å². The number of H-pyrrole nitrogens is 1. The van der Waals surface area contributed by atoms with E-state index >= 15 is 0 Å². The van der Waals surface area contributed by atoms with E-state index in [-0.39, 0.29) is 11.6 Å². The highest BCUT2D eigenvalue weighted by atomic mass is 32.1. The van der Waals surface area contributed by atoms with Crippen LogP contribution in [0.1, 0.15) is 39.4 Å². The van der Waals surface area contributed by atoms with E-state index in [1.807, 2.05) is 25.3 Å². The second-order valence-electron chi connectivity index (χ2n) is 5.90. The van der Waals surface area contributed by atoms with Crippen LogP contribution in [0.2, 0.25) is 0 Å². The van der Waals surface area contributed by atoms with Gasteiger partial charge in [-0.25, -0.2) is 4.68 Å². The van der Waals surface area contributed by atoms with Crippen molar-refractivity contribution in [1.29, 1.82) is 0 Å². The van der Waals surface area contributed by atoms with Crippen LogP contribution in [0.4, 0.5) is 0 Å². The van der Waals surface area contributed by atoms with E-state index in [1.54, 1.807) is 6.07 Å². The number of rotatable bonds is 4. The molecule has 7 heteroatoms. The van der Waals surface area contributed by atoms with Gasteiger partial charge in [0.15, 0.2) is 10.6 Å². The Balaban J connectivity index is 2.68. The lowest BCUT2D eigenvalue weighted by atomic mass is 10.2. The van der Waals surface area contributed by atoms with Gasteiger partial charge in [0, 0.05) is 12.6 Å². The summed E-state index contributed by atoms with van der Waals surface area (Å²) in [6.45, 7) is 10.6. The minimum Gasteiger partial charge on any atom is -0.297 e. The topological polar surface area (TPSA) is 68.5 Å². The molecule has 6 nitrogen and oxygen atoms in total. The molecule has 0 aromatic carbocycles. The second kappa shape index (κ2) is 5.93. The minimum atomic E-state index is -0.134. The fourth-order valence-corrected chi connectivity index (χ4v) is 2.62. The lowest BCUT2D eigenvalue weighted by Crippen LogP contribution is -2.28. The van der Waals surface area contributed by atoms with Gasteiger partial charge in [0.25, 0.3) is 5.56 Å². The molecular formula is C14H21N5OS. The van der Waals surface area contributed by atoms with Gasteiger partial charge >= 0.3 is 0 Å². The van der Waals surface area contributed by atoms with Crippen molar-refractivity contribution in [2.75, 3.05) is 0 Å². The molecule has 2 rings (SSSR count). The molecule has 21 heavy (non-hydrogen) atoms. The molecule has 0 saturated heterocycles. The summed E-state index contributed by atoms with van der Waals surface area (Å²) < 4.78 is 3.88. The summed E-state index contributed by atoms with van der Waals surface area (Å²) >= 11 is 5.25. The molecule has 0 radical (unpaired) electrons. The summed E-state index contributed by atoms with van der Waals surface area (Å²) in [4.78, 5) is 12.6. The summed E-state index contributed by atoms with van der Waals surface area (Å²) in [5.74, 6) is 0.916. The van der Waals surface area contributed by atoms with Crippen molar-refractivity contribution < 1.29 is 0 Å². The molecule has 0 bridgehead atoms. The van der Waals surface area contributed by atoms with Crippen LogP contribution in [0.5, 0.6) is 0 Å². The molecule has 0 fully saturated rings. The van der Waals surface area contributed by atoms with Gasteiger partial charge in [-0.1, -0.05) is 13.8 Å². The molecule has 0 spiro atoms. The Morgan fingerprint density at radius 3 is 2.57 bits per heavy atom. The summed E-state index contributed by atoms with van der Waals surface area (Å²) in [7, 11) is 0. The molecule has 0 unspecified atom stereocenters. The summed E-state index contributed by atoms with van der Waals surface area (Å²) in [5, 5.41) is 11.3. The van der Waals surface area contributed by atoms with Crippen LogP contribution in [0.25, 0.3) is 11.4 Å². The Bertz CT molecular complexity index is 753. The predicted octanol–water partition coefficient (Wildman–Crippen LogP) is 2.71. The minimum absolute atomic E-state index is 0.123. The van der Waals surface area contributed by atoms with Crippen molar-refractivity contribution in [3.63, 3.8) is 0 Å². The third-order valence-electron chi connectivity index (χ3n) is 3.10. The maximum absolute atomic E-state index is 12.6. The third kappa shape index (κ3) is 3.12. The average Bonchev–Trinajstić information content (AvgIpc) is 2.74. The smallest absolute Gasteiger partial charge is 0.277 e. The van der Waals surface area contributed by atoms with E-state index in [2.05, 4.69) is 29.1 Å². The molecule has 2 heterocycles. The van der Waals surface area contributed by atoms with Gasteiger partial charge in [-0.2, -0.15) is 10.2 Å². The number of hydrogen-bond acceptors (Lipinski definition) is 4. The molecule has 2 aromatic heterocycles. The Morgan fingerprint density at radius 1 is 1.33 bits per heavy atom. The summed E-state index contributed by atoms with van der Waals surface area (Å²) in [6.07, 6.45) is 0. The first kappa shape index (κ1) is 15.6. The maximum Gasteiger partial charge on any atom is 0.277 e. The zero-order chi connectivity index (χ0) is 15.7. The number of aryl methyl sites for hydroxylation is 1. The van der Waals surface area contributed by atoms with Crippen LogP contribution >= 0.6 is 12.2 Å². The van der Waals surface area contributed by atoms with Gasteiger partial charge < -0.3 is 0 Å². The SMILES string of the molecule is Cc1cc(-c2n[nH]c(=S)n2C(C)C)c(=O)n(CC(C)C)n1. The highest BCUT2D eigenvalue weighted by Crippen LogP contribution is 2.18. The van der Waals surface area contributed by atoms with Gasteiger partial charge in [0.05, 0.1) is 11.3 Å². The van der Waals surface area contributed by atoms with Crippen LogP contribution < -0.4 is 5.56 Å². The lowest BCUT2D eigenvalue weighted by molar-refractivity contribution is 0.460. The van der Waals surface area contributed by atoms with Gasteiger partial charge in [-0.15, -0.1) is 0 Å². The molecule has 0 aliphatic rings. The summed E-state index contributed by atoms with van der Waals surface area (Å²) in [6, 6.07) is 1.89. The summed E-state index contributed by atoms with van der Waals surface area (Å²) in [5.41, 5.74) is 1.18. The highest BCUT2D eigenvalue weighted by Gasteiger charge is 2.17. The molecule has 114 valence electrons. The monoisotopic (exact) mass is 307 g/mol. The van der Waals surface area contributed by atoms with Crippen LogP contribution in [0.3, 0.4) is 0 Å². The molecule has 0 aliphatic carbocycles. The molecule has 0 amide bonds. The van der Waals surface area contributed by atoms with E-state index in [1.165, 1.54) is 4.68 Å². The van der Waals surface area contributed by atoms with Gasteiger partial charge in [-0.3, -0.25) is 14.5 Å². The van der Waals surface area contributed by atoms with Crippen LogP contribution in [-0.4, -0.2) is 24.5 Å². The van der Waals surface area contributed by atoms with E-state index in [4.69, 9.17) is 12.2 Å². The molecule has 1 N–H and O–H groups in total. The quantitative estimate of drug-likeness (QED) is 0.882. The second-order valence-corrected chi connectivity index (χ2v) is 6.28. The van der Waals surface area contributed by atoms with E-state index < -0.39 is 0 Å². The third-order valence-corrected chi connectivity index (χ3v) is 3.38. The number of aromatic nitrogens is 5. The fourth-order valence-electron chi connectivity index (χ4n) is 2.28. The Labute approximate surface area is 128 Å². The Morgan fingerprint density at radius 2 is 2.00 bits per heavy atom. The average molecular weight is 307 g/mol. The molecule has 0 atom stereocenters. The number of nitrogens with one attached hydrogen (secondary N) is 1. The van der Waals surface area contributed by atoms with Gasteiger partial charge in [0.2, 0.25) is 0 Å². The number of aromatic amines is 1. The number of hydrogen-bond donors (Lipinski definition) is 1. The maximum atomic E-state index is 12.6. The normalized spacial score (nSPS) is 11.6. The first-order valence-corrected chi connectivity index (χ1v) is 7.48.